The third-order valence-electron chi connectivity index (χ3n) is 11.1. The predicted octanol–water partition coefficient (Wildman–Crippen LogP) is 6.63. The zero-order valence-corrected chi connectivity index (χ0v) is 36.2. The van der Waals surface area contributed by atoms with Crippen LogP contribution in [0.2, 0.25) is 0 Å². The second-order valence-corrected chi connectivity index (χ2v) is 19.8. The molecule has 4 aromatic heterocycles. The van der Waals surface area contributed by atoms with Gasteiger partial charge >= 0.3 is 0 Å². The number of carbonyl (C=O) groups excluding carboxylic acids is 4. The van der Waals surface area contributed by atoms with Gasteiger partial charge in [-0.2, -0.15) is 0 Å². The first-order valence-corrected chi connectivity index (χ1v) is 23.3. The number of anilines is 2. The molecule has 4 heterocycles. The third-order valence-corrected chi connectivity index (χ3v) is 15.5. The van der Waals surface area contributed by atoms with Crippen LogP contribution in [0, 0.1) is 6.92 Å². The van der Waals surface area contributed by atoms with Crippen LogP contribution in [0.5, 0.6) is 0 Å². The zero-order valence-electron chi connectivity index (χ0n) is 32.9. The maximum absolute atomic E-state index is 13.5. The quantitative estimate of drug-likeness (QED) is 0.0810. The molecule has 0 aliphatic heterocycles. The molecule has 14 nitrogen and oxygen atoms in total. The number of nitrogens with zero attached hydrogens (tertiary/aromatic N) is 6. The molecule has 0 spiro atoms. The van der Waals surface area contributed by atoms with E-state index in [1.807, 2.05) is 54.8 Å². The summed E-state index contributed by atoms with van der Waals surface area (Å²) in [5, 5.41) is 25.3. The first-order chi connectivity index (χ1) is 29.0. The summed E-state index contributed by atoms with van der Waals surface area (Å²) in [5.74, 6) is 0.599. The van der Waals surface area contributed by atoms with Gasteiger partial charge in [-0.3, -0.25) is 23.7 Å². The van der Waals surface area contributed by atoms with Crippen LogP contribution >= 0.6 is 46.2 Å². The largest absolute Gasteiger partial charge is 0.365 e. The van der Waals surface area contributed by atoms with Gasteiger partial charge in [-0.25, -0.2) is 0 Å². The zero-order chi connectivity index (χ0) is 41.7. The van der Waals surface area contributed by atoms with Crippen molar-refractivity contribution in [3.63, 3.8) is 0 Å². The molecule has 308 valence electrons. The highest BCUT2D eigenvalue weighted by Gasteiger charge is 2.34. The summed E-state index contributed by atoms with van der Waals surface area (Å²) in [7, 11) is 0. The summed E-state index contributed by atoms with van der Waals surface area (Å²) in [4.78, 5) is 54.1. The van der Waals surface area contributed by atoms with E-state index in [1.165, 1.54) is 46.2 Å². The number of primary amides is 2. The number of amides is 4. The van der Waals surface area contributed by atoms with Gasteiger partial charge < -0.3 is 26.7 Å². The fourth-order valence-electron chi connectivity index (χ4n) is 8.11. The fourth-order valence-corrected chi connectivity index (χ4v) is 12.4. The normalized spacial score (nSPS) is 16.1. The minimum Gasteiger partial charge on any atom is -0.365 e. The molecule has 2 unspecified atom stereocenters. The van der Waals surface area contributed by atoms with E-state index in [-0.39, 0.29) is 23.5 Å². The number of para-hydroxylation sites is 1. The van der Waals surface area contributed by atoms with E-state index in [9.17, 15) is 19.2 Å². The summed E-state index contributed by atoms with van der Waals surface area (Å²) < 4.78 is 4.02. The number of aryl methyl sites for hydroxylation is 2. The van der Waals surface area contributed by atoms with Crippen molar-refractivity contribution in [2.24, 2.45) is 11.5 Å². The number of aromatic nitrogens is 6. The minimum atomic E-state index is -0.565. The molecule has 3 aliphatic carbocycles. The van der Waals surface area contributed by atoms with Gasteiger partial charge in [0.25, 0.3) is 11.8 Å². The molecule has 0 bridgehead atoms. The number of thioether (sulfide) groups is 2. The van der Waals surface area contributed by atoms with E-state index >= 15 is 0 Å². The minimum absolute atomic E-state index is 0.0802. The Kier molecular flexibility index (Phi) is 11.1. The molecule has 1 fully saturated rings. The average molecular weight is 879 g/mol. The van der Waals surface area contributed by atoms with E-state index in [1.54, 1.807) is 0 Å². The van der Waals surface area contributed by atoms with E-state index < -0.39 is 17.1 Å². The standard InChI is InChI=1S/C42H42N10O4S4/c1-21(38(56)46-40-33(35(43)54)28-12-7-13-30(28)59-40)58-41-49-48-37(24-14-15-24)51(41)19-23-8-6-9-25(16-23)26-17-29-31(18-26)60-39(34(29)36(44)55)45-32(53)20-57-42-50-47-22(2)52(42)27-10-4-3-5-11-27/h3-6,8-11,16,21,24,26H,7,12-15,17-20H2,1-2H3,(H2,43,54)(H2,44,55)(H,45,53)(H,46,56). The van der Waals surface area contributed by atoms with Gasteiger partial charge in [0.15, 0.2) is 10.3 Å². The van der Waals surface area contributed by atoms with Crippen molar-refractivity contribution < 1.29 is 19.2 Å². The number of hydrogen-bond acceptors (Lipinski definition) is 12. The van der Waals surface area contributed by atoms with E-state index in [2.05, 4.69) is 53.8 Å². The molecular weight excluding hydrogens is 837 g/mol. The van der Waals surface area contributed by atoms with Crippen molar-refractivity contribution in [2.45, 2.75) is 92.7 Å². The Bertz CT molecular complexity index is 2660. The lowest BCUT2D eigenvalue weighted by molar-refractivity contribution is -0.115. The highest BCUT2D eigenvalue weighted by atomic mass is 32.2. The molecule has 9 rings (SSSR count). The number of thiophene rings is 2. The van der Waals surface area contributed by atoms with Crippen LogP contribution in [0.3, 0.4) is 0 Å². The lowest BCUT2D eigenvalue weighted by atomic mass is 9.94. The third kappa shape index (κ3) is 8.00. The number of benzene rings is 2. The second kappa shape index (κ2) is 16.6. The lowest BCUT2D eigenvalue weighted by Crippen LogP contribution is -2.24. The predicted molar refractivity (Wildman–Crippen MR) is 235 cm³/mol. The van der Waals surface area contributed by atoms with E-state index in [0.29, 0.717) is 62.6 Å². The summed E-state index contributed by atoms with van der Waals surface area (Å²) in [6.45, 7) is 4.23. The molecule has 18 heteroatoms. The maximum Gasteiger partial charge on any atom is 0.251 e. The van der Waals surface area contributed by atoms with Crippen LogP contribution in [0.4, 0.5) is 10.0 Å². The average Bonchev–Trinajstić information content (AvgIpc) is 3.68. The lowest BCUT2D eigenvalue weighted by Gasteiger charge is -2.16. The van der Waals surface area contributed by atoms with E-state index in [0.717, 1.165) is 75.6 Å². The number of carbonyl (C=O) groups is 4. The highest BCUT2D eigenvalue weighted by molar-refractivity contribution is 8.00. The van der Waals surface area contributed by atoms with Crippen LogP contribution in [0.25, 0.3) is 5.69 Å². The molecule has 0 radical (unpaired) electrons. The number of fused-ring (bicyclic) bond motifs is 2. The van der Waals surface area contributed by atoms with Crippen molar-refractivity contribution in [3.8, 4) is 5.69 Å². The molecule has 2 atom stereocenters. The van der Waals surface area contributed by atoms with Gasteiger partial charge in [0, 0.05) is 21.4 Å². The first-order valence-electron chi connectivity index (χ1n) is 19.8. The van der Waals surface area contributed by atoms with Crippen LogP contribution in [0.1, 0.15) is 102 Å². The molecule has 0 saturated heterocycles. The van der Waals surface area contributed by atoms with Crippen molar-refractivity contribution in [1.29, 1.82) is 0 Å². The molecule has 60 heavy (non-hydrogen) atoms. The smallest absolute Gasteiger partial charge is 0.251 e. The Hall–Kier alpha value is -5.30. The molecule has 4 amide bonds. The number of rotatable bonds is 15. The number of nitrogens with one attached hydrogen (secondary N) is 2. The van der Waals surface area contributed by atoms with Crippen molar-refractivity contribution >= 4 is 79.8 Å². The fraction of sp³-hybridized carbons (Fsp3) is 0.333. The number of nitrogens with two attached hydrogens (primary N) is 2. The summed E-state index contributed by atoms with van der Waals surface area (Å²) >= 11 is 5.48. The van der Waals surface area contributed by atoms with E-state index in [4.69, 9.17) is 11.5 Å². The molecular formula is C42H42N10O4S4. The van der Waals surface area contributed by atoms with Crippen molar-refractivity contribution in [2.75, 3.05) is 16.4 Å². The SMILES string of the molecule is Cc1nnc(SCC(=O)Nc2sc3c(c2C(N)=O)CC(c2cccc(Cn4c(SC(C)C(=O)Nc5sc6c(c5C(N)=O)CCC6)nnc4C4CC4)c2)C3)n1-c1ccccc1. The Morgan fingerprint density at radius 2 is 1.57 bits per heavy atom. The van der Waals surface area contributed by atoms with Crippen LogP contribution in [-0.2, 0) is 41.8 Å². The van der Waals surface area contributed by atoms with Gasteiger partial charge in [-0.05, 0) is 99.1 Å². The van der Waals surface area contributed by atoms with Gasteiger partial charge in [0.1, 0.15) is 21.7 Å². The van der Waals surface area contributed by atoms with Gasteiger partial charge in [0.2, 0.25) is 11.8 Å². The molecule has 6 aromatic rings. The topological polar surface area (TPSA) is 206 Å². The summed E-state index contributed by atoms with van der Waals surface area (Å²) in [6, 6.07) is 18.2. The number of hydrogen-bond donors (Lipinski definition) is 4. The van der Waals surface area contributed by atoms with Gasteiger partial charge in [0.05, 0.1) is 28.7 Å². The van der Waals surface area contributed by atoms with Crippen LogP contribution in [-0.4, -0.2) is 64.2 Å². The Labute approximate surface area is 362 Å². The Balaban J connectivity index is 0.866. The molecule has 1 saturated carbocycles. The Morgan fingerprint density at radius 3 is 2.33 bits per heavy atom. The van der Waals surface area contributed by atoms with Crippen LogP contribution in [0.15, 0.2) is 64.9 Å². The summed E-state index contributed by atoms with van der Waals surface area (Å²) in [5.41, 5.74) is 17.5. The van der Waals surface area contributed by atoms with Gasteiger partial charge in [-0.1, -0.05) is 66.0 Å². The molecule has 3 aliphatic rings. The monoisotopic (exact) mass is 878 g/mol. The summed E-state index contributed by atoms with van der Waals surface area (Å²) in [6.07, 6.45) is 6.10. The molecule has 6 N–H and O–H groups in total. The van der Waals surface area contributed by atoms with Crippen molar-refractivity contribution in [3.05, 3.63) is 109 Å². The first kappa shape index (κ1) is 40.1. The maximum atomic E-state index is 13.5. The second-order valence-electron chi connectivity index (χ2n) is 15.3. The van der Waals surface area contributed by atoms with Gasteiger partial charge in [-0.15, -0.1) is 43.1 Å². The molecule has 2 aromatic carbocycles. The Morgan fingerprint density at radius 1 is 0.833 bits per heavy atom. The highest BCUT2D eigenvalue weighted by Crippen LogP contribution is 2.45. The van der Waals surface area contributed by atoms with Crippen LogP contribution < -0.4 is 22.1 Å². The van der Waals surface area contributed by atoms with Crippen molar-refractivity contribution in [1.82, 2.24) is 29.5 Å².